The van der Waals surface area contributed by atoms with E-state index >= 15 is 0 Å². The minimum Gasteiger partial charge on any atom is -0.492 e. The molecule has 124 valence electrons. The van der Waals surface area contributed by atoms with Crippen molar-refractivity contribution in [2.45, 2.75) is 19.4 Å². The maximum Gasteiger partial charge on any atom is 0.317 e. The predicted octanol–water partition coefficient (Wildman–Crippen LogP) is 4.05. The molecule has 1 N–H and O–H groups in total. The Hall–Kier alpha value is -1.72. The van der Waals surface area contributed by atoms with E-state index in [1.807, 2.05) is 24.4 Å². The molecule has 2 amide bonds. The summed E-state index contributed by atoms with van der Waals surface area (Å²) in [5.74, 6) is 0.706. The summed E-state index contributed by atoms with van der Waals surface area (Å²) in [6, 6.07) is 9.30. The Kier molecular flexibility index (Phi) is 6.74. The van der Waals surface area contributed by atoms with Gasteiger partial charge >= 0.3 is 6.03 Å². The zero-order chi connectivity index (χ0) is 16.7. The van der Waals surface area contributed by atoms with Crippen molar-refractivity contribution in [2.75, 3.05) is 20.2 Å². The Morgan fingerprint density at radius 1 is 1.43 bits per heavy atom. The number of ether oxygens (including phenoxy) is 1. The summed E-state index contributed by atoms with van der Waals surface area (Å²) in [5, 5.41) is 7.77. The van der Waals surface area contributed by atoms with Crippen LogP contribution in [0.4, 0.5) is 4.79 Å². The molecule has 4 nitrogen and oxygen atoms in total. The minimum atomic E-state index is -0.0950. The number of halogens is 1. The summed E-state index contributed by atoms with van der Waals surface area (Å²) in [5.41, 5.74) is 1.25. The average molecular weight is 353 g/mol. The van der Waals surface area contributed by atoms with Gasteiger partial charge in [0.05, 0.1) is 6.54 Å². The Morgan fingerprint density at radius 2 is 2.26 bits per heavy atom. The molecule has 0 fully saturated rings. The highest BCUT2D eigenvalue weighted by Crippen LogP contribution is 2.16. The van der Waals surface area contributed by atoms with Gasteiger partial charge in [-0.15, -0.1) is 0 Å². The van der Waals surface area contributed by atoms with Crippen LogP contribution in [0.2, 0.25) is 5.02 Å². The Labute approximate surface area is 146 Å². The van der Waals surface area contributed by atoms with Crippen molar-refractivity contribution in [1.29, 1.82) is 0 Å². The monoisotopic (exact) mass is 352 g/mol. The van der Waals surface area contributed by atoms with Gasteiger partial charge in [-0.1, -0.05) is 17.7 Å². The number of benzene rings is 1. The molecule has 1 aromatic heterocycles. The number of carbonyl (C=O) groups excluding carboxylic acids is 1. The van der Waals surface area contributed by atoms with E-state index < -0.39 is 0 Å². The van der Waals surface area contributed by atoms with Crippen LogP contribution < -0.4 is 10.1 Å². The molecule has 0 radical (unpaired) electrons. The molecule has 1 heterocycles. The zero-order valence-electron chi connectivity index (χ0n) is 13.3. The molecule has 0 saturated heterocycles. The number of hydrogen-bond donors (Lipinski definition) is 1. The van der Waals surface area contributed by atoms with Gasteiger partial charge in [-0.3, -0.25) is 0 Å². The standard InChI is InChI=1S/C17H21ClN2O2S/c1-13(10-14-6-9-23-12-14)19-17(21)20(2)7-8-22-16-5-3-4-15(18)11-16/h3-6,9,11-13H,7-8,10H2,1-2H3,(H,19,21). The van der Waals surface area contributed by atoms with Crippen LogP contribution in [-0.2, 0) is 6.42 Å². The Balaban J connectivity index is 1.70. The first-order valence-electron chi connectivity index (χ1n) is 7.45. The molecule has 0 spiro atoms. The van der Waals surface area contributed by atoms with Crippen molar-refractivity contribution in [1.82, 2.24) is 10.2 Å². The third-order valence-corrected chi connectivity index (χ3v) is 4.30. The van der Waals surface area contributed by atoms with E-state index in [1.165, 1.54) is 5.56 Å². The molecule has 6 heteroatoms. The Morgan fingerprint density at radius 3 is 2.96 bits per heavy atom. The van der Waals surface area contributed by atoms with Crippen LogP contribution in [-0.4, -0.2) is 37.2 Å². The predicted molar refractivity (Wildman–Crippen MR) is 95.6 cm³/mol. The molecule has 0 aliphatic rings. The molecule has 1 unspecified atom stereocenters. The quantitative estimate of drug-likeness (QED) is 0.816. The lowest BCUT2D eigenvalue weighted by molar-refractivity contribution is 0.192. The summed E-state index contributed by atoms with van der Waals surface area (Å²) < 4.78 is 5.59. The lowest BCUT2D eigenvalue weighted by Gasteiger charge is -2.21. The number of likely N-dealkylation sites (N-methyl/N-ethyl adjacent to an activating group) is 1. The molecular formula is C17H21ClN2O2S. The first kappa shape index (κ1) is 17.6. The van der Waals surface area contributed by atoms with E-state index in [9.17, 15) is 4.79 Å². The number of hydrogen-bond acceptors (Lipinski definition) is 3. The van der Waals surface area contributed by atoms with Gasteiger partial charge < -0.3 is 15.0 Å². The number of amides is 2. The molecule has 0 aliphatic heterocycles. The lowest BCUT2D eigenvalue weighted by atomic mass is 10.1. The van der Waals surface area contributed by atoms with Crippen LogP contribution in [0, 0.1) is 0 Å². The second kappa shape index (κ2) is 8.79. The largest absolute Gasteiger partial charge is 0.492 e. The number of nitrogens with one attached hydrogen (secondary N) is 1. The minimum absolute atomic E-state index is 0.0911. The first-order valence-corrected chi connectivity index (χ1v) is 8.78. The number of nitrogens with zero attached hydrogens (tertiary/aromatic N) is 1. The molecule has 2 aromatic rings. The lowest BCUT2D eigenvalue weighted by Crippen LogP contribution is -2.44. The SMILES string of the molecule is CC(Cc1ccsc1)NC(=O)N(C)CCOc1cccc(Cl)c1. The van der Waals surface area contributed by atoms with Gasteiger partial charge in [0.2, 0.25) is 0 Å². The third kappa shape index (κ3) is 6.12. The summed E-state index contributed by atoms with van der Waals surface area (Å²) in [7, 11) is 1.76. The van der Waals surface area contributed by atoms with Crippen LogP contribution in [0.5, 0.6) is 5.75 Å². The van der Waals surface area contributed by atoms with E-state index in [-0.39, 0.29) is 12.1 Å². The molecule has 2 rings (SSSR count). The van der Waals surface area contributed by atoms with E-state index in [1.54, 1.807) is 35.4 Å². The Bertz CT molecular complexity index is 619. The second-order valence-electron chi connectivity index (χ2n) is 5.41. The fourth-order valence-electron chi connectivity index (χ4n) is 2.09. The second-order valence-corrected chi connectivity index (χ2v) is 6.63. The van der Waals surface area contributed by atoms with Crippen molar-refractivity contribution in [3.05, 3.63) is 51.7 Å². The van der Waals surface area contributed by atoms with Gasteiger partial charge in [-0.25, -0.2) is 4.79 Å². The summed E-state index contributed by atoms with van der Waals surface area (Å²) in [4.78, 5) is 13.7. The van der Waals surface area contributed by atoms with E-state index in [2.05, 4.69) is 16.8 Å². The maximum atomic E-state index is 12.1. The van der Waals surface area contributed by atoms with Gasteiger partial charge in [-0.2, -0.15) is 11.3 Å². The normalized spacial score (nSPS) is 11.8. The molecule has 0 aliphatic carbocycles. The zero-order valence-corrected chi connectivity index (χ0v) is 14.9. The van der Waals surface area contributed by atoms with E-state index in [0.29, 0.717) is 23.9 Å². The van der Waals surface area contributed by atoms with Crippen LogP contribution >= 0.6 is 22.9 Å². The van der Waals surface area contributed by atoms with Crippen LogP contribution in [0.3, 0.4) is 0 Å². The molecule has 1 atom stereocenters. The highest BCUT2D eigenvalue weighted by atomic mass is 35.5. The van der Waals surface area contributed by atoms with Gasteiger partial charge in [-0.05, 0) is 53.9 Å². The number of carbonyl (C=O) groups is 1. The average Bonchev–Trinajstić information content (AvgIpc) is 2.99. The highest BCUT2D eigenvalue weighted by molar-refractivity contribution is 7.07. The van der Waals surface area contributed by atoms with Crippen molar-refractivity contribution < 1.29 is 9.53 Å². The van der Waals surface area contributed by atoms with Crippen molar-refractivity contribution in [3.63, 3.8) is 0 Å². The highest BCUT2D eigenvalue weighted by Gasteiger charge is 2.12. The van der Waals surface area contributed by atoms with E-state index in [4.69, 9.17) is 16.3 Å². The number of rotatable bonds is 7. The summed E-state index contributed by atoms with van der Waals surface area (Å²) >= 11 is 7.57. The van der Waals surface area contributed by atoms with Crippen LogP contribution in [0.1, 0.15) is 12.5 Å². The molecule has 1 aromatic carbocycles. The van der Waals surface area contributed by atoms with Gasteiger partial charge in [0, 0.05) is 18.1 Å². The summed E-state index contributed by atoms with van der Waals surface area (Å²) in [6.07, 6.45) is 0.835. The molecular weight excluding hydrogens is 332 g/mol. The fourth-order valence-corrected chi connectivity index (χ4v) is 2.95. The fraction of sp³-hybridized carbons (Fsp3) is 0.353. The van der Waals surface area contributed by atoms with Gasteiger partial charge in [0.25, 0.3) is 0 Å². The smallest absolute Gasteiger partial charge is 0.317 e. The number of thiophene rings is 1. The van der Waals surface area contributed by atoms with Crippen molar-refractivity contribution >= 4 is 29.0 Å². The number of urea groups is 1. The maximum absolute atomic E-state index is 12.1. The van der Waals surface area contributed by atoms with Crippen LogP contribution in [0.25, 0.3) is 0 Å². The molecule has 0 bridgehead atoms. The molecule has 0 saturated carbocycles. The molecule has 23 heavy (non-hydrogen) atoms. The van der Waals surface area contributed by atoms with E-state index in [0.717, 1.165) is 6.42 Å². The van der Waals surface area contributed by atoms with Gasteiger partial charge in [0.15, 0.2) is 0 Å². The van der Waals surface area contributed by atoms with Crippen LogP contribution in [0.15, 0.2) is 41.1 Å². The first-order chi connectivity index (χ1) is 11.0. The topological polar surface area (TPSA) is 41.6 Å². The van der Waals surface area contributed by atoms with Crippen molar-refractivity contribution in [3.8, 4) is 5.75 Å². The van der Waals surface area contributed by atoms with Gasteiger partial charge in [0.1, 0.15) is 12.4 Å². The van der Waals surface area contributed by atoms with Crippen molar-refractivity contribution in [2.24, 2.45) is 0 Å². The summed E-state index contributed by atoms with van der Waals surface area (Å²) in [6.45, 7) is 2.93. The third-order valence-electron chi connectivity index (χ3n) is 3.33.